The van der Waals surface area contributed by atoms with Crippen LogP contribution in [0.1, 0.15) is 30.5 Å². The van der Waals surface area contributed by atoms with Gasteiger partial charge >= 0.3 is 0 Å². The first kappa shape index (κ1) is 19.8. The number of aromatic nitrogens is 1. The molecule has 4 heterocycles. The summed E-state index contributed by atoms with van der Waals surface area (Å²) in [6.07, 6.45) is 3.12. The number of benzene rings is 1. The largest absolute Gasteiger partial charge is 0.474 e. The summed E-state index contributed by atoms with van der Waals surface area (Å²) in [4.78, 5) is 10.9. The van der Waals surface area contributed by atoms with Crippen molar-refractivity contribution in [2.45, 2.75) is 38.3 Å². The maximum atomic E-state index is 5.98. The molecule has 1 atom stereocenters. The van der Waals surface area contributed by atoms with Crippen LogP contribution in [-0.2, 0) is 14.2 Å². The fraction of sp³-hybridized carbons (Fsp3) is 0.609. The van der Waals surface area contributed by atoms with E-state index < -0.39 is 0 Å². The first-order chi connectivity index (χ1) is 14.7. The highest BCUT2D eigenvalue weighted by atomic mass is 16.5. The van der Waals surface area contributed by atoms with Gasteiger partial charge in [0.1, 0.15) is 12.3 Å². The van der Waals surface area contributed by atoms with Crippen molar-refractivity contribution in [3.05, 3.63) is 29.5 Å². The standard InChI is InChI=1S/C23H32N4O3/c1-16-12-17-14-21(26-22(17)20(13-16)24-18-3-8-28-9-4-18)23-25-19(15-30-23)2-5-27-6-10-29-11-7-27/h12-14,18-19,24,26H,2-11,15H2,1H3/t19-/m0/s1. The molecule has 0 radical (unpaired) electrons. The van der Waals surface area contributed by atoms with Crippen LogP contribution in [0.4, 0.5) is 5.69 Å². The minimum absolute atomic E-state index is 0.232. The second-order valence-electron chi connectivity index (χ2n) is 8.63. The Kier molecular flexibility index (Phi) is 5.93. The second kappa shape index (κ2) is 8.96. The molecule has 0 aliphatic carbocycles. The molecule has 5 rings (SSSR count). The van der Waals surface area contributed by atoms with Gasteiger partial charge in [-0.25, -0.2) is 4.99 Å². The summed E-state index contributed by atoms with van der Waals surface area (Å²) >= 11 is 0. The zero-order valence-corrected chi connectivity index (χ0v) is 17.8. The van der Waals surface area contributed by atoms with Gasteiger partial charge < -0.3 is 24.5 Å². The topological polar surface area (TPSA) is 71.1 Å². The van der Waals surface area contributed by atoms with Crippen LogP contribution in [0.15, 0.2) is 23.2 Å². The summed E-state index contributed by atoms with van der Waals surface area (Å²) < 4.78 is 16.9. The molecule has 0 saturated carbocycles. The molecular formula is C23H32N4O3. The number of hydrogen-bond donors (Lipinski definition) is 2. The van der Waals surface area contributed by atoms with Crippen LogP contribution in [0.3, 0.4) is 0 Å². The summed E-state index contributed by atoms with van der Waals surface area (Å²) in [5, 5.41) is 4.92. The zero-order chi connectivity index (χ0) is 20.3. The Morgan fingerprint density at radius 3 is 2.73 bits per heavy atom. The Morgan fingerprint density at radius 1 is 1.10 bits per heavy atom. The van der Waals surface area contributed by atoms with Crippen LogP contribution in [0.5, 0.6) is 0 Å². The van der Waals surface area contributed by atoms with E-state index >= 15 is 0 Å². The van der Waals surface area contributed by atoms with Gasteiger partial charge in [-0.1, -0.05) is 0 Å². The van der Waals surface area contributed by atoms with Crippen molar-refractivity contribution in [1.82, 2.24) is 9.88 Å². The van der Waals surface area contributed by atoms with E-state index in [2.05, 4.69) is 40.3 Å². The van der Waals surface area contributed by atoms with Crippen LogP contribution in [0.25, 0.3) is 10.9 Å². The van der Waals surface area contributed by atoms with Crippen LogP contribution in [0, 0.1) is 6.92 Å². The van der Waals surface area contributed by atoms with Crippen LogP contribution in [-0.4, -0.2) is 80.5 Å². The lowest BCUT2D eigenvalue weighted by atomic mass is 10.1. The van der Waals surface area contributed by atoms with E-state index in [1.165, 1.54) is 10.9 Å². The minimum atomic E-state index is 0.232. The van der Waals surface area contributed by atoms with Crippen molar-refractivity contribution in [3.8, 4) is 0 Å². The predicted molar refractivity (Wildman–Crippen MR) is 119 cm³/mol. The van der Waals surface area contributed by atoms with Crippen molar-refractivity contribution in [3.63, 3.8) is 0 Å². The third-order valence-electron chi connectivity index (χ3n) is 6.28. The molecule has 3 aliphatic heterocycles. The van der Waals surface area contributed by atoms with Gasteiger partial charge in [0, 0.05) is 44.3 Å². The monoisotopic (exact) mass is 412 g/mol. The maximum absolute atomic E-state index is 5.98. The predicted octanol–water partition coefficient (Wildman–Crippen LogP) is 2.93. The lowest BCUT2D eigenvalue weighted by Crippen LogP contribution is -2.37. The number of aromatic amines is 1. The molecule has 0 bridgehead atoms. The molecule has 2 saturated heterocycles. The smallest absolute Gasteiger partial charge is 0.233 e. The Hall–Kier alpha value is -2.09. The average Bonchev–Trinajstić information content (AvgIpc) is 3.41. The number of H-pyrrole nitrogens is 1. The molecule has 2 aromatic rings. The van der Waals surface area contributed by atoms with Gasteiger partial charge in [0.15, 0.2) is 0 Å². The maximum Gasteiger partial charge on any atom is 0.233 e. The molecule has 2 fully saturated rings. The highest BCUT2D eigenvalue weighted by molar-refractivity contribution is 6.02. The first-order valence-electron chi connectivity index (χ1n) is 11.2. The fourth-order valence-corrected chi connectivity index (χ4v) is 4.55. The van der Waals surface area contributed by atoms with E-state index in [0.717, 1.165) is 88.1 Å². The normalized spacial score (nSPS) is 23.5. The number of nitrogens with one attached hydrogen (secondary N) is 2. The van der Waals surface area contributed by atoms with E-state index in [1.54, 1.807) is 0 Å². The van der Waals surface area contributed by atoms with Gasteiger partial charge in [0.25, 0.3) is 0 Å². The number of fused-ring (bicyclic) bond motifs is 1. The second-order valence-corrected chi connectivity index (χ2v) is 8.63. The Balaban J connectivity index is 1.30. The number of rotatable bonds is 6. The quantitative estimate of drug-likeness (QED) is 0.763. The number of aryl methyl sites for hydroxylation is 1. The molecule has 1 aromatic heterocycles. The molecule has 2 N–H and O–H groups in total. The van der Waals surface area contributed by atoms with Crippen LogP contribution >= 0.6 is 0 Å². The lowest BCUT2D eigenvalue weighted by molar-refractivity contribution is 0.0364. The van der Waals surface area contributed by atoms with Gasteiger partial charge in [0.2, 0.25) is 5.90 Å². The van der Waals surface area contributed by atoms with E-state index in [0.29, 0.717) is 12.6 Å². The summed E-state index contributed by atoms with van der Waals surface area (Å²) in [7, 11) is 0. The third-order valence-corrected chi connectivity index (χ3v) is 6.28. The van der Waals surface area contributed by atoms with Crippen LogP contribution < -0.4 is 5.32 Å². The van der Waals surface area contributed by atoms with Crippen molar-refractivity contribution in [2.24, 2.45) is 4.99 Å². The number of aliphatic imine (C=N–C) groups is 1. The van der Waals surface area contributed by atoms with Crippen molar-refractivity contribution in [2.75, 3.05) is 58.0 Å². The summed E-state index contributed by atoms with van der Waals surface area (Å²) in [6, 6.07) is 7.30. The number of hydrogen-bond acceptors (Lipinski definition) is 6. The highest BCUT2D eigenvalue weighted by Gasteiger charge is 2.23. The summed E-state index contributed by atoms with van der Waals surface area (Å²) in [5.74, 6) is 0.743. The Labute approximate surface area is 177 Å². The Morgan fingerprint density at radius 2 is 1.90 bits per heavy atom. The SMILES string of the molecule is Cc1cc(NC2CCOCC2)c2[nH]c(C3=N[C@@H](CCN4CCOCC4)CO3)cc2c1. The molecule has 0 unspecified atom stereocenters. The van der Waals surface area contributed by atoms with E-state index in [9.17, 15) is 0 Å². The lowest BCUT2D eigenvalue weighted by Gasteiger charge is -2.26. The molecule has 0 amide bonds. The summed E-state index contributed by atoms with van der Waals surface area (Å²) in [5.41, 5.74) is 4.51. The van der Waals surface area contributed by atoms with Gasteiger partial charge in [0.05, 0.1) is 30.5 Å². The van der Waals surface area contributed by atoms with Gasteiger partial charge in [-0.3, -0.25) is 4.90 Å². The number of anilines is 1. The van der Waals surface area contributed by atoms with Gasteiger partial charge in [-0.05, 0) is 49.9 Å². The number of nitrogens with zero attached hydrogens (tertiary/aromatic N) is 2. The van der Waals surface area contributed by atoms with E-state index in [-0.39, 0.29) is 6.04 Å². The molecule has 0 spiro atoms. The molecule has 7 heteroatoms. The molecular weight excluding hydrogens is 380 g/mol. The van der Waals surface area contributed by atoms with Gasteiger partial charge in [-0.2, -0.15) is 0 Å². The highest BCUT2D eigenvalue weighted by Crippen LogP contribution is 2.29. The van der Waals surface area contributed by atoms with E-state index in [4.69, 9.17) is 19.2 Å². The van der Waals surface area contributed by atoms with E-state index in [1.807, 2.05) is 0 Å². The number of ether oxygens (including phenoxy) is 3. The molecule has 3 aliphatic rings. The minimum Gasteiger partial charge on any atom is -0.474 e. The van der Waals surface area contributed by atoms with Crippen molar-refractivity contribution >= 4 is 22.5 Å². The summed E-state index contributed by atoms with van der Waals surface area (Å²) in [6.45, 7) is 9.26. The molecule has 7 nitrogen and oxygen atoms in total. The van der Waals surface area contributed by atoms with Gasteiger partial charge in [-0.15, -0.1) is 0 Å². The number of morpholine rings is 1. The zero-order valence-electron chi connectivity index (χ0n) is 17.8. The molecule has 162 valence electrons. The molecule has 30 heavy (non-hydrogen) atoms. The van der Waals surface area contributed by atoms with Crippen molar-refractivity contribution in [1.29, 1.82) is 0 Å². The fourth-order valence-electron chi connectivity index (χ4n) is 4.55. The van der Waals surface area contributed by atoms with Crippen molar-refractivity contribution < 1.29 is 14.2 Å². The Bertz CT molecular complexity index is 897. The van der Waals surface area contributed by atoms with Crippen LogP contribution in [0.2, 0.25) is 0 Å². The third kappa shape index (κ3) is 4.48. The average molecular weight is 413 g/mol. The first-order valence-corrected chi connectivity index (χ1v) is 11.2. The molecule has 1 aromatic carbocycles.